The first-order valence-corrected chi connectivity index (χ1v) is 10.7. The van der Waals surface area contributed by atoms with Crippen molar-refractivity contribution < 1.29 is 14.3 Å². The number of hydrogen-bond donors (Lipinski definition) is 1. The summed E-state index contributed by atoms with van der Waals surface area (Å²) in [5.74, 6) is 0.731. The van der Waals surface area contributed by atoms with E-state index in [1.807, 2.05) is 75.4 Å². The molecule has 2 aromatic rings. The van der Waals surface area contributed by atoms with Crippen molar-refractivity contribution in [2.45, 2.75) is 65.6 Å². The molecule has 0 aromatic heterocycles. The van der Waals surface area contributed by atoms with Crippen molar-refractivity contribution in [3.63, 3.8) is 0 Å². The van der Waals surface area contributed by atoms with Gasteiger partial charge in [-0.2, -0.15) is 0 Å². The van der Waals surface area contributed by atoms with Gasteiger partial charge in [0.25, 0.3) is 5.91 Å². The summed E-state index contributed by atoms with van der Waals surface area (Å²) >= 11 is 0. The number of hydrogen-bond acceptors (Lipinski definition) is 3. The van der Waals surface area contributed by atoms with E-state index in [-0.39, 0.29) is 24.5 Å². The zero-order chi connectivity index (χ0) is 22.1. The molecule has 0 bridgehead atoms. The predicted octanol–water partition coefficient (Wildman–Crippen LogP) is 4.52. The molecule has 2 amide bonds. The Balaban J connectivity index is 2.15. The van der Waals surface area contributed by atoms with Crippen LogP contribution in [0.3, 0.4) is 0 Å². The molecule has 1 atom stereocenters. The van der Waals surface area contributed by atoms with Crippen LogP contribution in [0.15, 0.2) is 54.6 Å². The van der Waals surface area contributed by atoms with E-state index in [9.17, 15) is 9.59 Å². The van der Waals surface area contributed by atoms with Crippen LogP contribution in [0.5, 0.6) is 5.75 Å². The average molecular weight is 411 g/mol. The number of rotatable bonds is 10. The molecule has 0 heterocycles. The second kappa shape index (κ2) is 11.4. The molecular weight excluding hydrogens is 376 g/mol. The molecule has 2 aromatic carbocycles. The lowest BCUT2D eigenvalue weighted by Crippen LogP contribution is -2.51. The quantitative estimate of drug-likeness (QED) is 0.626. The maximum absolute atomic E-state index is 13.1. The van der Waals surface area contributed by atoms with Gasteiger partial charge in [0, 0.05) is 12.6 Å². The lowest BCUT2D eigenvalue weighted by molar-refractivity contribution is -0.143. The Bertz CT molecular complexity index is 801. The number of carbonyl (C=O) groups is 2. The molecule has 0 aliphatic carbocycles. The lowest BCUT2D eigenvalue weighted by Gasteiger charge is -2.31. The van der Waals surface area contributed by atoms with E-state index >= 15 is 0 Å². The van der Waals surface area contributed by atoms with E-state index in [0.717, 1.165) is 5.56 Å². The van der Waals surface area contributed by atoms with Crippen LogP contribution in [-0.4, -0.2) is 35.4 Å². The summed E-state index contributed by atoms with van der Waals surface area (Å²) in [6.45, 7) is 10.3. The van der Waals surface area contributed by atoms with Crippen LogP contribution in [0, 0.1) is 0 Å². The largest absolute Gasteiger partial charge is 0.484 e. The highest BCUT2D eigenvalue weighted by molar-refractivity contribution is 5.88. The van der Waals surface area contributed by atoms with Gasteiger partial charge in [-0.05, 0) is 49.4 Å². The van der Waals surface area contributed by atoms with Crippen LogP contribution in [0.25, 0.3) is 0 Å². The number of benzene rings is 2. The average Bonchev–Trinajstić information content (AvgIpc) is 2.72. The fourth-order valence-electron chi connectivity index (χ4n) is 3.26. The highest BCUT2D eigenvalue weighted by Crippen LogP contribution is 2.19. The van der Waals surface area contributed by atoms with Gasteiger partial charge in [-0.25, -0.2) is 0 Å². The first-order chi connectivity index (χ1) is 14.3. The van der Waals surface area contributed by atoms with Crippen molar-refractivity contribution in [1.29, 1.82) is 0 Å². The van der Waals surface area contributed by atoms with Crippen LogP contribution >= 0.6 is 0 Å². The highest BCUT2D eigenvalue weighted by Gasteiger charge is 2.29. The SMILES string of the molecule is CCC(C(=O)NC(C)C)N(Cc1ccccc1)C(=O)COc1ccc(C(C)C)cc1. The highest BCUT2D eigenvalue weighted by atomic mass is 16.5. The fraction of sp³-hybridized carbons (Fsp3) is 0.440. The Morgan fingerprint density at radius 2 is 1.60 bits per heavy atom. The molecule has 0 aliphatic rings. The number of ether oxygens (including phenoxy) is 1. The van der Waals surface area contributed by atoms with E-state index in [1.165, 1.54) is 5.56 Å². The summed E-state index contributed by atoms with van der Waals surface area (Å²) in [6, 6.07) is 17.0. The number of nitrogens with zero attached hydrogens (tertiary/aromatic N) is 1. The summed E-state index contributed by atoms with van der Waals surface area (Å²) in [5, 5.41) is 2.93. The summed E-state index contributed by atoms with van der Waals surface area (Å²) in [6.07, 6.45) is 0.528. The summed E-state index contributed by atoms with van der Waals surface area (Å²) in [5.41, 5.74) is 2.19. The molecule has 0 spiro atoms. The van der Waals surface area contributed by atoms with Crippen molar-refractivity contribution in [2.24, 2.45) is 0 Å². The van der Waals surface area contributed by atoms with Gasteiger partial charge >= 0.3 is 0 Å². The van der Waals surface area contributed by atoms with E-state index in [1.54, 1.807) is 4.90 Å². The van der Waals surface area contributed by atoms with E-state index in [2.05, 4.69) is 19.2 Å². The van der Waals surface area contributed by atoms with Crippen LogP contribution in [0.2, 0.25) is 0 Å². The van der Waals surface area contributed by atoms with Gasteiger partial charge in [0.05, 0.1) is 0 Å². The third-order valence-corrected chi connectivity index (χ3v) is 4.92. The number of nitrogens with one attached hydrogen (secondary N) is 1. The normalized spacial score (nSPS) is 12.0. The Labute approximate surface area is 180 Å². The van der Waals surface area contributed by atoms with Gasteiger partial charge in [-0.3, -0.25) is 9.59 Å². The molecule has 5 nitrogen and oxygen atoms in total. The minimum atomic E-state index is -0.549. The zero-order valence-electron chi connectivity index (χ0n) is 18.7. The van der Waals surface area contributed by atoms with Crippen molar-refractivity contribution in [1.82, 2.24) is 10.2 Å². The van der Waals surface area contributed by atoms with Crippen LogP contribution < -0.4 is 10.1 Å². The lowest BCUT2D eigenvalue weighted by atomic mass is 10.0. The van der Waals surface area contributed by atoms with Gasteiger partial charge in [-0.15, -0.1) is 0 Å². The van der Waals surface area contributed by atoms with Gasteiger partial charge in [0.15, 0.2) is 6.61 Å². The van der Waals surface area contributed by atoms with Crippen LogP contribution in [0.4, 0.5) is 0 Å². The molecule has 0 aliphatic heterocycles. The summed E-state index contributed by atoms with van der Waals surface area (Å²) in [4.78, 5) is 27.5. The molecule has 30 heavy (non-hydrogen) atoms. The van der Waals surface area contributed by atoms with Crippen molar-refractivity contribution in [3.8, 4) is 5.75 Å². The van der Waals surface area contributed by atoms with Gasteiger partial charge in [0.2, 0.25) is 5.91 Å². The Morgan fingerprint density at radius 1 is 0.967 bits per heavy atom. The zero-order valence-corrected chi connectivity index (χ0v) is 18.7. The van der Waals surface area contributed by atoms with Crippen molar-refractivity contribution >= 4 is 11.8 Å². The first-order valence-electron chi connectivity index (χ1n) is 10.7. The topological polar surface area (TPSA) is 58.6 Å². The van der Waals surface area contributed by atoms with E-state index in [0.29, 0.717) is 24.6 Å². The molecule has 2 rings (SSSR count). The smallest absolute Gasteiger partial charge is 0.261 e. The number of amides is 2. The molecule has 1 unspecified atom stereocenters. The Kier molecular flexibility index (Phi) is 8.90. The summed E-state index contributed by atoms with van der Waals surface area (Å²) in [7, 11) is 0. The van der Waals surface area contributed by atoms with Gasteiger partial charge in [0.1, 0.15) is 11.8 Å². The van der Waals surface area contributed by atoms with Gasteiger partial charge < -0.3 is 15.0 Å². The molecule has 0 fully saturated rings. The third kappa shape index (κ3) is 6.90. The Morgan fingerprint density at radius 3 is 2.13 bits per heavy atom. The molecule has 5 heteroatoms. The molecule has 162 valence electrons. The number of carbonyl (C=O) groups excluding carboxylic acids is 2. The first kappa shape index (κ1) is 23.5. The minimum Gasteiger partial charge on any atom is -0.484 e. The van der Waals surface area contributed by atoms with Crippen LogP contribution in [-0.2, 0) is 16.1 Å². The van der Waals surface area contributed by atoms with Crippen molar-refractivity contribution in [3.05, 3.63) is 65.7 Å². The second-order valence-electron chi connectivity index (χ2n) is 8.11. The summed E-state index contributed by atoms with van der Waals surface area (Å²) < 4.78 is 5.75. The van der Waals surface area contributed by atoms with E-state index in [4.69, 9.17) is 4.74 Å². The van der Waals surface area contributed by atoms with Crippen molar-refractivity contribution in [2.75, 3.05) is 6.61 Å². The molecule has 0 saturated carbocycles. The predicted molar refractivity (Wildman–Crippen MR) is 120 cm³/mol. The minimum absolute atomic E-state index is 0.0101. The molecule has 1 N–H and O–H groups in total. The second-order valence-corrected chi connectivity index (χ2v) is 8.11. The molecular formula is C25H34N2O3. The maximum atomic E-state index is 13.1. The monoisotopic (exact) mass is 410 g/mol. The maximum Gasteiger partial charge on any atom is 0.261 e. The molecule has 0 saturated heterocycles. The van der Waals surface area contributed by atoms with E-state index < -0.39 is 6.04 Å². The van der Waals surface area contributed by atoms with Crippen LogP contribution in [0.1, 0.15) is 58.1 Å². The Hall–Kier alpha value is -2.82. The molecule has 0 radical (unpaired) electrons. The fourth-order valence-corrected chi connectivity index (χ4v) is 3.26. The van der Waals surface area contributed by atoms with Gasteiger partial charge in [-0.1, -0.05) is 63.2 Å². The third-order valence-electron chi connectivity index (χ3n) is 4.92. The standard InChI is InChI=1S/C25H34N2O3/c1-6-23(25(29)26-19(4)5)27(16-20-10-8-7-9-11-20)24(28)17-30-22-14-12-21(13-15-22)18(2)3/h7-15,18-19,23H,6,16-17H2,1-5H3,(H,26,29).